The van der Waals surface area contributed by atoms with Crippen molar-refractivity contribution in [3.05, 3.63) is 70.0 Å². The standard InChI is InChI=1S/C19H16N2O4/c1-2-25-19(24)16-17(22)14-9-8-13(10-15(14)21-18(16)23)20-11-12-6-4-3-5-7-12/h3-11H,2H2,1H3,(H2,21,22,23). The van der Waals surface area contributed by atoms with Crippen molar-refractivity contribution in [3.63, 3.8) is 0 Å². The second-order valence-electron chi connectivity index (χ2n) is 5.30. The second kappa shape index (κ2) is 7.00. The molecule has 0 aliphatic carbocycles. The Balaban J connectivity index is 2.02. The Morgan fingerprint density at radius 1 is 1.24 bits per heavy atom. The molecule has 0 saturated carbocycles. The van der Waals surface area contributed by atoms with Crippen LogP contribution >= 0.6 is 0 Å². The normalized spacial score (nSPS) is 11.1. The summed E-state index contributed by atoms with van der Waals surface area (Å²) in [5, 5.41) is 10.6. The summed E-state index contributed by atoms with van der Waals surface area (Å²) in [6, 6.07) is 14.5. The minimum atomic E-state index is -0.852. The average Bonchev–Trinajstić information content (AvgIpc) is 2.61. The second-order valence-corrected chi connectivity index (χ2v) is 5.30. The van der Waals surface area contributed by atoms with E-state index in [0.29, 0.717) is 16.6 Å². The number of aromatic nitrogens is 1. The molecule has 1 heterocycles. The number of nitrogens with zero attached hydrogens (tertiary/aromatic N) is 1. The zero-order valence-electron chi connectivity index (χ0n) is 13.5. The van der Waals surface area contributed by atoms with E-state index in [2.05, 4.69) is 9.98 Å². The predicted molar refractivity (Wildman–Crippen MR) is 95.9 cm³/mol. The number of nitrogens with one attached hydrogen (secondary N) is 1. The van der Waals surface area contributed by atoms with Gasteiger partial charge in [0.05, 0.1) is 17.8 Å². The topological polar surface area (TPSA) is 91.8 Å². The molecule has 0 aliphatic rings. The lowest BCUT2D eigenvalue weighted by Crippen LogP contribution is -2.20. The van der Waals surface area contributed by atoms with E-state index in [-0.39, 0.29) is 6.61 Å². The lowest BCUT2D eigenvalue weighted by atomic mass is 10.1. The summed E-state index contributed by atoms with van der Waals surface area (Å²) in [4.78, 5) is 30.9. The summed E-state index contributed by atoms with van der Waals surface area (Å²) in [6.07, 6.45) is 1.70. The molecule has 0 fully saturated rings. The smallest absolute Gasteiger partial charge is 0.347 e. The summed E-state index contributed by atoms with van der Waals surface area (Å²) in [5.41, 5.74) is 0.840. The van der Waals surface area contributed by atoms with Gasteiger partial charge in [-0.25, -0.2) is 4.79 Å². The minimum Gasteiger partial charge on any atom is -0.506 e. The van der Waals surface area contributed by atoms with Gasteiger partial charge < -0.3 is 14.8 Å². The van der Waals surface area contributed by atoms with Crippen LogP contribution in [0.2, 0.25) is 0 Å². The highest BCUT2D eigenvalue weighted by molar-refractivity contribution is 6.00. The number of carbonyl (C=O) groups excluding carboxylic acids is 1. The molecule has 2 aromatic carbocycles. The zero-order valence-corrected chi connectivity index (χ0v) is 13.5. The fourth-order valence-electron chi connectivity index (χ4n) is 2.43. The first-order chi connectivity index (χ1) is 12.1. The molecule has 0 bridgehead atoms. The SMILES string of the molecule is CCOC(=O)c1c(O)c2ccc(N=Cc3ccccc3)cc2[nH]c1=O. The minimum absolute atomic E-state index is 0.114. The molecule has 3 aromatic rings. The monoisotopic (exact) mass is 336 g/mol. The van der Waals surface area contributed by atoms with Gasteiger partial charge in [0.1, 0.15) is 5.75 Å². The van der Waals surface area contributed by atoms with Crippen molar-refractivity contribution < 1.29 is 14.6 Å². The molecule has 0 amide bonds. The van der Waals surface area contributed by atoms with E-state index in [1.165, 1.54) is 0 Å². The third kappa shape index (κ3) is 3.42. The molecule has 6 heteroatoms. The maximum absolute atomic E-state index is 12.1. The Labute approximate surface area is 143 Å². The number of esters is 1. The Hall–Kier alpha value is -3.41. The quantitative estimate of drug-likeness (QED) is 0.565. The van der Waals surface area contributed by atoms with Crippen LogP contribution in [-0.4, -0.2) is 28.9 Å². The molecule has 0 atom stereocenters. The van der Waals surface area contributed by atoms with E-state index in [9.17, 15) is 14.7 Å². The number of aromatic hydroxyl groups is 1. The maximum atomic E-state index is 12.1. The number of ether oxygens (including phenoxy) is 1. The van der Waals surface area contributed by atoms with Gasteiger partial charge in [-0.05, 0) is 30.7 Å². The Kier molecular flexibility index (Phi) is 4.61. The van der Waals surface area contributed by atoms with Gasteiger partial charge in [0.2, 0.25) is 0 Å². The van der Waals surface area contributed by atoms with Gasteiger partial charge in [0.25, 0.3) is 5.56 Å². The van der Waals surface area contributed by atoms with Crippen LogP contribution in [0.3, 0.4) is 0 Å². The molecule has 0 unspecified atom stereocenters. The number of hydrogen-bond acceptors (Lipinski definition) is 5. The van der Waals surface area contributed by atoms with E-state index in [4.69, 9.17) is 4.74 Å². The van der Waals surface area contributed by atoms with Crippen molar-refractivity contribution in [1.82, 2.24) is 4.98 Å². The molecule has 0 spiro atoms. The number of hydrogen-bond donors (Lipinski definition) is 2. The molecule has 0 radical (unpaired) electrons. The number of carbonyl (C=O) groups is 1. The van der Waals surface area contributed by atoms with E-state index >= 15 is 0 Å². The molecule has 6 nitrogen and oxygen atoms in total. The van der Waals surface area contributed by atoms with Crippen LogP contribution in [0, 0.1) is 0 Å². The number of benzene rings is 2. The van der Waals surface area contributed by atoms with Crippen molar-refractivity contribution in [3.8, 4) is 5.75 Å². The van der Waals surface area contributed by atoms with Crippen molar-refractivity contribution in [1.29, 1.82) is 0 Å². The third-order valence-corrected chi connectivity index (χ3v) is 3.61. The van der Waals surface area contributed by atoms with Gasteiger partial charge in [0.15, 0.2) is 5.56 Å². The van der Waals surface area contributed by atoms with Crippen LogP contribution in [0.4, 0.5) is 5.69 Å². The van der Waals surface area contributed by atoms with E-state index < -0.39 is 22.8 Å². The van der Waals surface area contributed by atoms with E-state index in [1.54, 1.807) is 31.3 Å². The zero-order chi connectivity index (χ0) is 17.8. The maximum Gasteiger partial charge on any atom is 0.347 e. The van der Waals surface area contributed by atoms with Gasteiger partial charge in [0, 0.05) is 11.6 Å². The van der Waals surface area contributed by atoms with E-state index in [1.807, 2.05) is 30.3 Å². The Morgan fingerprint density at radius 3 is 2.72 bits per heavy atom. The number of fused-ring (bicyclic) bond motifs is 1. The number of rotatable bonds is 4. The largest absolute Gasteiger partial charge is 0.506 e. The van der Waals surface area contributed by atoms with Gasteiger partial charge in [-0.15, -0.1) is 0 Å². The van der Waals surface area contributed by atoms with Gasteiger partial charge >= 0.3 is 5.97 Å². The summed E-state index contributed by atoms with van der Waals surface area (Å²) >= 11 is 0. The first-order valence-corrected chi connectivity index (χ1v) is 7.75. The lowest BCUT2D eigenvalue weighted by molar-refractivity contribution is 0.0521. The molecule has 3 rings (SSSR count). The highest BCUT2D eigenvalue weighted by Crippen LogP contribution is 2.28. The van der Waals surface area contributed by atoms with Crippen LogP contribution in [0.5, 0.6) is 5.75 Å². The molecule has 2 N–H and O–H groups in total. The molecular weight excluding hydrogens is 320 g/mol. The Morgan fingerprint density at radius 2 is 2.00 bits per heavy atom. The third-order valence-electron chi connectivity index (χ3n) is 3.61. The number of aliphatic imine (C=N–C) groups is 1. The molecular formula is C19H16N2O4. The molecule has 25 heavy (non-hydrogen) atoms. The van der Waals surface area contributed by atoms with Crippen LogP contribution in [-0.2, 0) is 4.74 Å². The molecule has 0 saturated heterocycles. The van der Waals surface area contributed by atoms with Crippen LogP contribution in [0.1, 0.15) is 22.8 Å². The molecule has 0 aliphatic heterocycles. The van der Waals surface area contributed by atoms with Crippen molar-refractivity contribution in [2.75, 3.05) is 6.61 Å². The number of aromatic amines is 1. The summed E-state index contributed by atoms with van der Waals surface area (Å²) < 4.78 is 4.81. The van der Waals surface area contributed by atoms with Crippen molar-refractivity contribution in [2.45, 2.75) is 6.92 Å². The van der Waals surface area contributed by atoms with Gasteiger partial charge in [-0.1, -0.05) is 30.3 Å². The van der Waals surface area contributed by atoms with Gasteiger partial charge in [-0.2, -0.15) is 0 Å². The first kappa shape index (κ1) is 16.4. The predicted octanol–water partition coefficient (Wildman–Crippen LogP) is 3.16. The van der Waals surface area contributed by atoms with Crippen molar-refractivity contribution >= 4 is 28.8 Å². The fourth-order valence-corrected chi connectivity index (χ4v) is 2.43. The summed E-state index contributed by atoms with van der Waals surface area (Å²) in [6.45, 7) is 1.74. The Bertz CT molecular complexity index is 1010. The highest BCUT2D eigenvalue weighted by Gasteiger charge is 2.20. The molecule has 126 valence electrons. The lowest BCUT2D eigenvalue weighted by Gasteiger charge is -2.07. The summed E-state index contributed by atoms with van der Waals surface area (Å²) in [5.74, 6) is -1.25. The first-order valence-electron chi connectivity index (χ1n) is 7.75. The van der Waals surface area contributed by atoms with E-state index in [0.717, 1.165) is 5.56 Å². The van der Waals surface area contributed by atoms with Crippen LogP contribution in [0.25, 0.3) is 10.9 Å². The van der Waals surface area contributed by atoms with Crippen LogP contribution in [0.15, 0.2) is 58.3 Å². The number of H-pyrrole nitrogens is 1. The summed E-state index contributed by atoms with van der Waals surface area (Å²) in [7, 11) is 0. The van der Waals surface area contributed by atoms with Crippen molar-refractivity contribution in [2.24, 2.45) is 4.99 Å². The average molecular weight is 336 g/mol. The highest BCUT2D eigenvalue weighted by atomic mass is 16.5. The number of pyridine rings is 1. The van der Waals surface area contributed by atoms with Gasteiger partial charge in [-0.3, -0.25) is 9.79 Å². The van der Waals surface area contributed by atoms with Crippen LogP contribution < -0.4 is 5.56 Å². The fraction of sp³-hybridized carbons (Fsp3) is 0.105. The molecule has 1 aromatic heterocycles.